The summed E-state index contributed by atoms with van der Waals surface area (Å²) in [6.45, 7) is 0. The van der Waals surface area contributed by atoms with Crippen molar-refractivity contribution in [3.8, 4) is 0 Å². The lowest BCUT2D eigenvalue weighted by molar-refractivity contribution is -0.137. The molecule has 2 N–H and O–H groups in total. The number of nitrogens with one attached hydrogen (secondary N) is 1. The zero-order valence-corrected chi connectivity index (χ0v) is 12.2. The first kappa shape index (κ1) is 16.0. The van der Waals surface area contributed by atoms with E-state index in [9.17, 15) is 14.0 Å². The largest absolute Gasteiger partial charge is 0.481 e. The number of amides is 1. The van der Waals surface area contributed by atoms with Gasteiger partial charge in [0.15, 0.2) is 0 Å². The highest BCUT2D eigenvalue weighted by molar-refractivity contribution is 6.30. The lowest BCUT2D eigenvalue weighted by Crippen LogP contribution is -2.30. The molecule has 1 amide bonds. The van der Waals surface area contributed by atoms with Crippen LogP contribution in [0.3, 0.4) is 0 Å². The van der Waals surface area contributed by atoms with Gasteiger partial charge in [0, 0.05) is 5.02 Å². The molecule has 2 rings (SSSR count). The molecule has 0 heterocycles. The molecule has 0 fully saturated rings. The minimum absolute atomic E-state index is 0.133. The Balaban J connectivity index is 2.23. The van der Waals surface area contributed by atoms with Crippen molar-refractivity contribution in [2.24, 2.45) is 0 Å². The van der Waals surface area contributed by atoms with E-state index in [1.165, 1.54) is 24.3 Å². The quantitative estimate of drug-likeness (QED) is 0.886. The average Bonchev–Trinajstić information content (AvgIpc) is 2.47. The molecule has 0 saturated carbocycles. The minimum atomic E-state index is -1.08. The van der Waals surface area contributed by atoms with Crippen molar-refractivity contribution >= 4 is 23.5 Å². The molecule has 0 bridgehead atoms. The van der Waals surface area contributed by atoms with Crippen LogP contribution in [0.1, 0.15) is 28.4 Å². The Labute approximate surface area is 131 Å². The normalized spacial score (nSPS) is 11.7. The van der Waals surface area contributed by atoms with Crippen LogP contribution in [0.4, 0.5) is 4.39 Å². The molecule has 22 heavy (non-hydrogen) atoms. The molecule has 2 aromatic carbocycles. The van der Waals surface area contributed by atoms with Gasteiger partial charge in [-0.2, -0.15) is 0 Å². The number of carboxylic acids is 1. The molecular weight excluding hydrogens is 309 g/mol. The number of benzene rings is 2. The average molecular weight is 322 g/mol. The molecule has 0 aromatic heterocycles. The molecule has 114 valence electrons. The third kappa shape index (κ3) is 4.05. The van der Waals surface area contributed by atoms with Gasteiger partial charge >= 0.3 is 5.97 Å². The first-order chi connectivity index (χ1) is 10.5. The highest BCUT2D eigenvalue weighted by atomic mass is 35.5. The molecule has 4 nitrogen and oxygen atoms in total. The molecule has 0 spiro atoms. The Kier molecular flexibility index (Phi) is 5.12. The summed E-state index contributed by atoms with van der Waals surface area (Å²) in [4.78, 5) is 23.1. The van der Waals surface area contributed by atoms with Crippen molar-refractivity contribution in [3.05, 3.63) is 70.5 Å². The maximum Gasteiger partial charge on any atom is 0.305 e. The fourth-order valence-corrected chi connectivity index (χ4v) is 2.13. The Morgan fingerprint density at radius 2 is 1.77 bits per heavy atom. The van der Waals surface area contributed by atoms with Crippen LogP contribution in [0, 0.1) is 5.82 Å². The summed E-state index contributed by atoms with van der Waals surface area (Å²) in [5.41, 5.74) is 0.448. The standard InChI is InChI=1S/C16H13ClFNO3/c17-11-7-5-10(6-8-11)14(9-15(20)21)19-16(22)12-3-1-2-4-13(12)18/h1-8,14H,9H2,(H,19,22)(H,20,21). The van der Waals surface area contributed by atoms with Gasteiger partial charge in [-0.1, -0.05) is 35.9 Å². The maximum atomic E-state index is 13.6. The van der Waals surface area contributed by atoms with Gasteiger partial charge in [0.25, 0.3) is 5.91 Å². The number of rotatable bonds is 5. The summed E-state index contributed by atoms with van der Waals surface area (Å²) in [5.74, 6) is -2.40. The number of carboxylic acid groups (broad SMARTS) is 1. The number of halogens is 2. The Bertz CT molecular complexity index is 688. The molecule has 0 aliphatic heterocycles. The van der Waals surface area contributed by atoms with Gasteiger partial charge in [-0.05, 0) is 29.8 Å². The van der Waals surface area contributed by atoms with Crippen molar-refractivity contribution < 1.29 is 19.1 Å². The van der Waals surface area contributed by atoms with E-state index >= 15 is 0 Å². The van der Waals surface area contributed by atoms with E-state index in [-0.39, 0.29) is 12.0 Å². The fraction of sp³-hybridized carbons (Fsp3) is 0.125. The number of hydrogen-bond acceptors (Lipinski definition) is 2. The van der Waals surface area contributed by atoms with Gasteiger partial charge in [0.1, 0.15) is 5.82 Å². The third-order valence-electron chi connectivity index (χ3n) is 3.07. The van der Waals surface area contributed by atoms with Crippen molar-refractivity contribution in [1.29, 1.82) is 0 Å². The van der Waals surface area contributed by atoms with Gasteiger partial charge in [-0.15, -0.1) is 0 Å². The van der Waals surface area contributed by atoms with E-state index in [1.54, 1.807) is 24.3 Å². The van der Waals surface area contributed by atoms with Gasteiger partial charge in [0.05, 0.1) is 18.0 Å². The van der Waals surface area contributed by atoms with Crippen LogP contribution in [-0.4, -0.2) is 17.0 Å². The highest BCUT2D eigenvalue weighted by Crippen LogP contribution is 2.20. The van der Waals surface area contributed by atoms with Crippen molar-refractivity contribution in [2.75, 3.05) is 0 Å². The molecule has 0 saturated heterocycles. The van der Waals surface area contributed by atoms with Crippen LogP contribution >= 0.6 is 11.6 Å². The lowest BCUT2D eigenvalue weighted by atomic mass is 10.0. The Morgan fingerprint density at radius 3 is 2.36 bits per heavy atom. The summed E-state index contributed by atoms with van der Waals surface area (Å²) in [7, 11) is 0. The van der Waals surface area contributed by atoms with E-state index in [0.717, 1.165) is 0 Å². The molecule has 2 aromatic rings. The van der Waals surface area contributed by atoms with Gasteiger partial charge in [0.2, 0.25) is 0 Å². The van der Waals surface area contributed by atoms with E-state index in [0.29, 0.717) is 10.6 Å². The molecule has 0 aliphatic rings. The minimum Gasteiger partial charge on any atom is -0.481 e. The smallest absolute Gasteiger partial charge is 0.305 e. The van der Waals surface area contributed by atoms with Gasteiger partial charge in [-0.25, -0.2) is 4.39 Å². The summed E-state index contributed by atoms with van der Waals surface area (Å²) in [5, 5.41) is 12.0. The molecule has 1 atom stereocenters. The topological polar surface area (TPSA) is 66.4 Å². The SMILES string of the molecule is O=C(O)CC(NC(=O)c1ccccc1F)c1ccc(Cl)cc1. The zero-order valence-electron chi connectivity index (χ0n) is 11.4. The van der Waals surface area contributed by atoms with Crippen molar-refractivity contribution in [1.82, 2.24) is 5.32 Å². The highest BCUT2D eigenvalue weighted by Gasteiger charge is 2.20. The molecular formula is C16H13ClFNO3. The van der Waals surface area contributed by atoms with Crippen LogP contribution in [0.2, 0.25) is 5.02 Å². The fourth-order valence-electron chi connectivity index (χ4n) is 2.00. The second-order valence-corrected chi connectivity index (χ2v) is 5.09. The van der Waals surface area contributed by atoms with E-state index in [4.69, 9.17) is 16.7 Å². The third-order valence-corrected chi connectivity index (χ3v) is 3.33. The van der Waals surface area contributed by atoms with Crippen LogP contribution < -0.4 is 5.32 Å². The summed E-state index contributed by atoms with van der Waals surface area (Å²) >= 11 is 5.79. The Morgan fingerprint density at radius 1 is 1.14 bits per heavy atom. The predicted molar refractivity (Wildman–Crippen MR) is 80.3 cm³/mol. The zero-order chi connectivity index (χ0) is 16.1. The van der Waals surface area contributed by atoms with E-state index < -0.39 is 23.7 Å². The second kappa shape index (κ2) is 7.04. The van der Waals surface area contributed by atoms with Crippen molar-refractivity contribution in [3.63, 3.8) is 0 Å². The van der Waals surface area contributed by atoms with Gasteiger partial charge in [-0.3, -0.25) is 9.59 Å². The predicted octanol–water partition coefficient (Wildman–Crippen LogP) is 3.42. The molecule has 0 aliphatic carbocycles. The lowest BCUT2D eigenvalue weighted by Gasteiger charge is -2.18. The summed E-state index contributed by atoms with van der Waals surface area (Å²) < 4.78 is 13.6. The number of aliphatic carboxylic acids is 1. The Hall–Kier alpha value is -2.40. The summed E-state index contributed by atoms with van der Waals surface area (Å²) in [6.07, 6.45) is -0.318. The number of carbonyl (C=O) groups is 2. The van der Waals surface area contributed by atoms with Gasteiger partial charge < -0.3 is 10.4 Å². The number of carbonyl (C=O) groups excluding carboxylic acids is 1. The molecule has 6 heteroatoms. The van der Waals surface area contributed by atoms with E-state index in [2.05, 4.69) is 5.32 Å². The number of hydrogen-bond donors (Lipinski definition) is 2. The molecule has 0 radical (unpaired) electrons. The van der Waals surface area contributed by atoms with Crippen LogP contribution in [0.25, 0.3) is 0 Å². The van der Waals surface area contributed by atoms with Crippen LogP contribution in [0.5, 0.6) is 0 Å². The van der Waals surface area contributed by atoms with Crippen LogP contribution in [-0.2, 0) is 4.79 Å². The first-order valence-corrected chi connectivity index (χ1v) is 6.88. The van der Waals surface area contributed by atoms with E-state index in [1.807, 2.05) is 0 Å². The van der Waals surface area contributed by atoms with Crippen molar-refractivity contribution in [2.45, 2.75) is 12.5 Å². The first-order valence-electron chi connectivity index (χ1n) is 6.50. The monoisotopic (exact) mass is 321 g/mol. The molecule has 1 unspecified atom stereocenters. The summed E-state index contributed by atoms with van der Waals surface area (Å²) in [6, 6.07) is 11.2. The maximum absolute atomic E-state index is 13.6. The second-order valence-electron chi connectivity index (χ2n) is 4.66. The van der Waals surface area contributed by atoms with Crippen LogP contribution in [0.15, 0.2) is 48.5 Å².